The average Bonchev–Trinajstić information content (AvgIpc) is 2.35. The second-order valence-electron chi connectivity index (χ2n) is 4.77. The van der Waals surface area contributed by atoms with Gasteiger partial charge in [-0.25, -0.2) is 0 Å². The van der Waals surface area contributed by atoms with E-state index in [2.05, 4.69) is 0 Å². The second kappa shape index (κ2) is 5.23. The van der Waals surface area contributed by atoms with Gasteiger partial charge >= 0.3 is 0 Å². The summed E-state index contributed by atoms with van der Waals surface area (Å²) in [7, 11) is 0. The van der Waals surface area contributed by atoms with Gasteiger partial charge in [0.05, 0.1) is 6.10 Å². The van der Waals surface area contributed by atoms with Crippen molar-refractivity contribution in [1.82, 2.24) is 0 Å². The standard InChI is InChI=1S/C16H19NO/c1-11-8-14(15(17)9-12(11)2)16(18)10-13-6-4-3-5-7-13/h3-9,16,18H,10,17H2,1-2H3. The summed E-state index contributed by atoms with van der Waals surface area (Å²) in [6.07, 6.45) is 0.0415. The second-order valence-corrected chi connectivity index (χ2v) is 4.77. The molecule has 0 heterocycles. The molecule has 2 aromatic rings. The lowest BCUT2D eigenvalue weighted by Crippen LogP contribution is -2.06. The monoisotopic (exact) mass is 241 g/mol. The maximum absolute atomic E-state index is 10.3. The summed E-state index contributed by atoms with van der Waals surface area (Å²) in [5.41, 5.74) is 10.9. The van der Waals surface area contributed by atoms with Gasteiger partial charge in [0.25, 0.3) is 0 Å². The number of aryl methyl sites for hydroxylation is 2. The summed E-state index contributed by atoms with van der Waals surface area (Å²) in [6.45, 7) is 4.06. The highest BCUT2D eigenvalue weighted by Crippen LogP contribution is 2.26. The molecular weight excluding hydrogens is 222 g/mol. The molecule has 94 valence electrons. The van der Waals surface area contributed by atoms with E-state index in [1.54, 1.807) is 0 Å². The number of anilines is 1. The zero-order chi connectivity index (χ0) is 13.1. The molecule has 0 fully saturated rings. The van der Waals surface area contributed by atoms with Crippen LogP contribution in [0.2, 0.25) is 0 Å². The Hall–Kier alpha value is -1.80. The highest BCUT2D eigenvalue weighted by Gasteiger charge is 2.13. The Morgan fingerprint density at radius 3 is 2.33 bits per heavy atom. The smallest absolute Gasteiger partial charge is 0.0850 e. The molecule has 0 spiro atoms. The molecule has 2 heteroatoms. The van der Waals surface area contributed by atoms with E-state index >= 15 is 0 Å². The van der Waals surface area contributed by atoms with Gasteiger partial charge in [-0.15, -0.1) is 0 Å². The minimum absolute atomic E-state index is 0.549. The van der Waals surface area contributed by atoms with Crippen LogP contribution in [0.25, 0.3) is 0 Å². The highest BCUT2D eigenvalue weighted by atomic mass is 16.3. The quantitative estimate of drug-likeness (QED) is 0.811. The number of hydrogen-bond donors (Lipinski definition) is 2. The van der Waals surface area contributed by atoms with E-state index < -0.39 is 6.10 Å². The summed E-state index contributed by atoms with van der Waals surface area (Å²) in [6, 6.07) is 13.9. The first-order valence-corrected chi connectivity index (χ1v) is 6.16. The number of nitrogen functional groups attached to an aromatic ring is 1. The van der Waals surface area contributed by atoms with Gasteiger partial charge in [-0.05, 0) is 36.6 Å². The van der Waals surface area contributed by atoms with Crippen LogP contribution in [0.1, 0.15) is 28.4 Å². The number of aliphatic hydroxyl groups is 1. The van der Waals surface area contributed by atoms with Gasteiger partial charge in [-0.2, -0.15) is 0 Å². The van der Waals surface area contributed by atoms with Crippen LogP contribution in [0.3, 0.4) is 0 Å². The fourth-order valence-corrected chi connectivity index (χ4v) is 2.10. The molecule has 0 aliphatic heterocycles. The van der Waals surface area contributed by atoms with Crippen molar-refractivity contribution < 1.29 is 5.11 Å². The number of aliphatic hydroxyl groups excluding tert-OH is 1. The predicted molar refractivity (Wildman–Crippen MR) is 75.4 cm³/mol. The summed E-state index contributed by atoms with van der Waals surface area (Å²) < 4.78 is 0. The highest BCUT2D eigenvalue weighted by molar-refractivity contribution is 5.53. The van der Waals surface area contributed by atoms with E-state index in [9.17, 15) is 5.11 Å². The van der Waals surface area contributed by atoms with Gasteiger partial charge in [0, 0.05) is 17.7 Å². The molecule has 0 aromatic heterocycles. The van der Waals surface area contributed by atoms with E-state index in [-0.39, 0.29) is 0 Å². The Kier molecular flexibility index (Phi) is 3.68. The Morgan fingerprint density at radius 2 is 1.67 bits per heavy atom. The molecule has 2 aromatic carbocycles. The van der Waals surface area contributed by atoms with Crippen molar-refractivity contribution in [2.75, 3.05) is 5.73 Å². The number of nitrogens with two attached hydrogens (primary N) is 1. The van der Waals surface area contributed by atoms with Crippen molar-refractivity contribution in [3.05, 3.63) is 64.7 Å². The largest absolute Gasteiger partial charge is 0.398 e. The van der Waals surface area contributed by atoms with Crippen LogP contribution in [0, 0.1) is 13.8 Å². The molecule has 1 unspecified atom stereocenters. The van der Waals surface area contributed by atoms with Crippen molar-refractivity contribution in [1.29, 1.82) is 0 Å². The number of rotatable bonds is 3. The molecule has 0 radical (unpaired) electrons. The lowest BCUT2D eigenvalue weighted by atomic mass is 9.96. The van der Waals surface area contributed by atoms with Gasteiger partial charge < -0.3 is 10.8 Å². The Labute approximate surface area is 108 Å². The first-order chi connectivity index (χ1) is 8.58. The van der Waals surface area contributed by atoms with Gasteiger partial charge in [0.1, 0.15) is 0 Å². The zero-order valence-electron chi connectivity index (χ0n) is 10.9. The molecule has 1 atom stereocenters. The lowest BCUT2D eigenvalue weighted by Gasteiger charge is -2.15. The van der Waals surface area contributed by atoms with E-state index in [4.69, 9.17) is 5.73 Å². The first-order valence-electron chi connectivity index (χ1n) is 6.16. The van der Waals surface area contributed by atoms with Crippen molar-refractivity contribution in [2.24, 2.45) is 0 Å². The summed E-state index contributed by atoms with van der Waals surface area (Å²) in [5.74, 6) is 0. The minimum atomic E-state index is -0.549. The van der Waals surface area contributed by atoms with Crippen LogP contribution in [0.4, 0.5) is 5.69 Å². The topological polar surface area (TPSA) is 46.2 Å². The molecule has 2 rings (SSSR count). The first kappa shape index (κ1) is 12.7. The number of benzene rings is 2. The van der Waals surface area contributed by atoms with Crippen molar-refractivity contribution in [3.63, 3.8) is 0 Å². The van der Waals surface area contributed by atoms with Crippen molar-refractivity contribution in [2.45, 2.75) is 26.4 Å². The maximum atomic E-state index is 10.3. The van der Waals surface area contributed by atoms with Crippen LogP contribution >= 0.6 is 0 Å². The van der Waals surface area contributed by atoms with E-state index in [1.807, 2.05) is 56.3 Å². The molecule has 0 aliphatic carbocycles. The third-order valence-electron chi connectivity index (χ3n) is 3.33. The summed E-state index contributed by atoms with van der Waals surface area (Å²) >= 11 is 0. The fraction of sp³-hybridized carbons (Fsp3) is 0.250. The lowest BCUT2D eigenvalue weighted by molar-refractivity contribution is 0.179. The predicted octanol–water partition coefficient (Wildman–Crippen LogP) is 3.16. The third kappa shape index (κ3) is 2.71. The van der Waals surface area contributed by atoms with E-state index in [0.29, 0.717) is 12.1 Å². The molecule has 0 saturated heterocycles. The zero-order valence-corrected chi connectivity index (χ0v) is 10.9. The Morgan fingerprint density at radius 1 is 1.06 bits per heavy atom. The van der Waals surface area contributed by atoms with Crippen molar-refractivity contribution >= 4 is 5.69 Å². The van der Waals surface area contributed by atoms with Gasteiger partial charge in [0.15, 0.2) is 0 Å². The van der Waals surface area contributed by atoms with Gasteiger partial charge in [-0.1, -0.05) is 36.4 Å². The SMILES string of the molecule is Cc1cc(N)c(C(O)Cc2ccccc2)cc1C. The van der Waals surface area contributed by atoms with Crippen LogP contribution in [-0.4, -0.2) is 5.11 Å². The Bertz CT molecular complexity index is 534. The minimum Gasteiger partial charge on any atom is -0.398 e. The summed E-state index contributed by atoms with van der Waals surface area (Å²) in [4.78, 5) is 0. The van der Waals surface area contributed by atoms with Crippen molar-refractivity contribution in [3.8, 4) is 0 Å². The molecule has 0 aliphatic rings. The fourth-order valence-electron chi connectivity index (χ4n) is 2.10. The molecular formula is C16H19NO. The molecule has 18 heavy (non-hydrogen) atoms. The molecule has 0 saturated carbocycles. The van der Waals surface area contributed by atoms with Crippen LogP contribution in [-0.2, 0) is 6.42 Å². The van der Waals surface area contributed by atoms with E-state index in [1.165, 1.54) is 0 Å². The van der Waals surface area contributed by atoms with Gasteiger partial charge in [0.2, 0.25) is 0 Å². The molecule has 2 nitrogen and oxygen atoms in total. The maximum Gasteiger partial charge on any atom is 0.0850 e. The third-order valence-corrected chi connectivity index (χ3v) is 3.33. The van der Waals surface area contributed by atoms with Crippen LogP contribution in [0.5, 0.6) is 0 Å². The molecule has 0 bridgehead atoms. The van der Waals surface area contributed by atoms with Gasteiger partial charge in [-0.3, -0.25) is 0 Å². The van der Waals surface area contributed by atoms with Crippen LogP contribution < -0.4 is 5.73 Å². The van der Waals surface area contributed by atoms with Crippen LogP contribution in [0.15, 0.2) is 42.5 Å². The average molecular weight is 241 g/mol. The normalized spacial score (nSPS) is 12.4. The molecule has 3 N–H and O–H groups in total. The Balaban J connectivity index is 2.24. The summed E-state index contributed by atoms with van der Waals surface area (Å²) in [5, 5.41) is 10.3. The number of hydrogen-bond acceptors (Lipinski definition) is 2. The molecule has 0 amide bonds. The van der Waals surface area contributed by atoms with E-state index in [0.717, 1.165) is 22.3 Å².